The molecule has 0 aromatic rings. The van der Waals surface area contributed by atoms with Gasteiger partial charge in [0, 0.05) is 17.9 Å². The molecule has 128 valence electrons. The second kappa shape index (κ2) is 9.45. The average molecular weight is 334 g/mol. The number of rotatable bonds is 10. The Labute approximate surface area is 136 Å². The van der Waals surface area contributed by atoms with Crippen LogP contribution in [-0.2, 0) is 8.85 Å². The highest BCUT2D eigenvalue weighted by molar-refractivity contribution is 6.67. The van der Waals surface area contributed by atoms with E-state index in [0.29, 0.717) is 5.73 Å². The predicted molar refractivity (Wildman–Crippen MR) is 99.1 cm³/mol. The van der Waals surface area contributed by atoms with E-state index in [0.717, 1.165) is 25.7 Å². The van der Waals surface area contributed by atoms with E-state index in [-0.39, 0.29) is 5.54 Å². The quantitative estimate of drug-likeness (QED) is 0.563. The van der Waals surface area contributed by atoms with E-state index < -0.39 is 17.4 Å². The molecule has 0 aliphatic carbocycles. The van der Waals surface area contributed by atoms with Gasteiger partial charge in [-0.25, -0.2) is 0 Å². The van der Waals surface area contributed by atoms with Crippen molar-refractivity contribution in [3.05, 3.63) is 0 Å². The van der Waals surface area contributed by atoms with Gasteiger partial charge in [-0.2, -0.15) is 0 Å². The Morgan fingerprint density at radius 3 is 2.14 bits per heavy atom. The lowest BCUT2D eigenvalue weighted by atomic mass is 10.1. The molecule has 2 unspecified atom stereocenters. The summed E-state index contributed by atoms with van der Waals surface area (Å²) in [6.07, 6.45) is 1.17. The van der Waals surface area contributed by atoms with Crippen molar-refractivity contribution in [1.82, 2.24) is 4.90 Å². The van der Waals surface area contributed by atoms with Crippen molar-refractivity contribution >= 4 is 17.4 Å². The molecule has 3 nitrogen and oxygen atoms in total. The van der Waals surface area contributed by atoms with Gasteiger partial charge in [-0.1, -0.05) is 20.0 Å². The molecule has 5 heteroatoms. The summed E-state index contributed by atoms with van der Waals surface area (Å²) in [5, 5.41) is 0. The number of hydrogen-bond acceptors (Lipinski definition) is 3. The molecule has 21 heavy (non-hydrogen) atoms. The first-order chi connectivity index (χ1) is 9.55. The fourth-order valence-electron chi connectivity index (χ4n) is 2.56. The smallest absolute Gasteiger partial charge is 0.334 e. The molecule has 0 fully saturated rings. The first-order valence-corrected chi connectivity index (χ1v) is 14.1. The third kappa shape index (κ3) is 8.50. The van der Waals surface area contributed by atoms with Gasteiger partial charge in [0.05, 0.1) is 8.80 Å². The van der Waals surface area contributed by atoms with Gasteiger partial charge in [0.1, 0.15) is 0 Å². The van der Waals surface area contributed by atoms with E-state index in [4.69, 9.17) is 8.85 Å². The Bertz CT molecular complexity index is 282. The lowest BCUT2D eigenvalue weighted by Crippen LogP contribution is -2.46. The Balaban J connectivity index is 4.50. The third-order valence-corrected chi connectivity index (χ3v) is 9.53. The van der Waals surface area contributed by atoms with Crippen LogP contribution in [-0.4, -0.2) is 53.2 Å². The molecule has 2 atom stereocenters. The largest absolute Gasteiger partial charge is 0.395 e. The lowest BCUT2D eigenvalue weighted by Gasteiger charge is -2.36. The number of nitrogens with zero attached hydrogens (tertiary/aromatic N) is 1. The minimum Gasteiger partial charge on any atom is -0.395 e. The second-order valence-corrected chi connectivity index (χ2v) is 14.2. The van der Waals surface area contributed by atoms with Gasteiger partial charge in [-0.15, -0.1) is 0 Å². The zero-order valence-corrected chi connectivity index (χ0v) is 18.1. The highest BCUT2D eigenvalue weighted by atomic mass is 28.4. The topological polar surface area (TPSA) is 21.7 Å². The SMILES string of the molecule is CCO[Si](C)(CCCN(CC)C(C)(C)C)OC(C)[SiH](C)C. The molecule has 0 spiro atoms. The average Bonchev–Trinajstić information content (AvgIpc) is 2.33. The van der Waals surface area contributed by atoms with Gasteiger partial charge in [-0.3, -0.25) is 4.90 Å². The van der Waals surface area contributed by atoms with Gasteiger partial charge < -0.3 is 8.85 Å². The monoisotopic (exact) mass is 333 g/mol. The van der Waals surface area contributed by atoms with Crippen molar-refractivity contribution < 1.29 is 8.85 Å². The van der Waals surface area contributed by atoms with Crippen LogP contribution in [0.15, 0.2) is 0 Å². The normalized spacial score (nSPS) is 17.3. The van der Waals surface area contributed by atoms with E-state index in [1.54, 1.807) is 0 Å². The second-order valence-electron chi connectivity index (χ2n) is 7.49. The summed E-state index contributed by atoms with van der Waals surface area (Å²) in [5.41, 5.74) is 0.662. The standard InChI is InChI=1S/C16H39NO2Si2/c1-10-17(16(4,5)6)13-12-14-21(9,18-11-2)19-15(3)20(7)8/h15,20H,10-14H2,1-9H3. The van der Waals surface area contributed by atoms with Gasteiger partial charge in [0.2, 0.25) is 0 Å². The Morgan fingerprint density at radius 1 is 1.19 bits per heavy atom. The third-order valence-electron chi connectivity index (χ3n) is 4.21. The molecular formula is C16H39NO2Si2. The van der Waals surface area contributed by atoms with Crippen LogP contribution < -0.4 is 0 Å². The van der Waals surface area contributed by atoms with E-state index in [9.17, 15) is 0 Å². The molecule has 0 bridgehead atoms. The van der Waals surface area contributed by atoms with E-state index in [1.807, 2.05) is 0 Å². The Kier molecular flexibility index (Phi) is 9.59. The van der Waals surface area contributed by atoms with Gasteiger partial charge in [0.15, 0.2) is 0 Å². The van der Waals surface area contributed by atoms with Crippen LogP contribution in [0.1, 0.15) is 48.0 Å². The van der Waals surface area contributed by atoms with Crippen molar-refractivity contribution in [2.75, 3.05) is 19.7 Å². The van der Waals surface area contributed by atoms with Crippen LogP contribution in [0.5, 0.6) is 0 Å². The van der Waals surface area contributed by atoms with Crippen LogP contribution >= 0.6 is 0 Å². The maximum atomic E-state index is 6.40. The van der Waals surface area contributed by atoms with E-state index in [2.05, 4.69) is 66.1 Å². The molecule has 0 radical (unpaired) electrons. The maximum Gasteiger partial charge on any atom is 0.334 e. The van der Waals surface area contributed by atoms with Gasteiger partial charge in [-0.05, 0) is 66.7 Å². The van der Waals surface area contributed by atoms with Crippen molar-refractivity contribution in [3.63, 3.8) is 0 Å². The van der Waals surface area contributed by atoms with Crippen molar-refractivity contribution in [3.8, 4) is 0 Å². The highest BCUT2D eigenvalue weighted by Gasteiger charge is 2.34. The van der Waals surface area contributed by atoms with Crippen molar-refractivity contribution in [1.29, 1.82) is 0 Å². The van der Waals surface area contributed by atoms with Crippen molar-refractivity contribution in [2.45, 2.75) is 84.9 Å². The lowest BCUT2D eigenvalue weighted by molar-refractivity contribution is 0.137. The minimum atomic E-state index is -2.01. The summed E-state index contributed by atoms with van der Waals surface area (Å²) in [4.78, 5) is 2.54. The molecule has 0 saturated carbocycles. The van der Waals surface area contributed by atoms with Crippen LogP contribution in [0.3, 0.4) is 0 Å². The molecule has 0 rings (SSSR count). The van der Waals surface area contributed by atoms with Gasteiger partial charge >= 0.3 is 8.56 Å². The van der Waals surface area contributed by atoms with Gasteiger partial charge in [0.25, 0.3) is 0 Å². The summed E-state index contributed by atoms with van der Waals surface area (Å²) in [6, 6.07) is 1.10. The fraction of sp³-hybridized carbons (Fsp3) is 1.00. The molecule has 0 aliphatic heterocycles. The van der Waals surface area contributed by atoms with E-state index >= 15 is 0 Å². The molecule has 0 saturated heterocycles. The first-order valence-electron chi connectivity index (χ1n) is 8.62. The summed E-state index contributed by atoms with van der Waals surface area (Å²) < 4.78 is 12.5. The molecule has 0 aromatic heterocycles. The minimum absolute atomic E-state index is 0.247. The summed E-state index contributed by atoms with van der Waals surface area (Å²) in [6.45, 7) is 23.4. The Morgan fingerprint density at radius 2 is 1.76 bits per heavy atom. The van der Waals surface area contributed by atoms with Crippen LogP contribution in [0.25, 0.3) is 0 Å². The van der Waals surface area contributed by atoms with Crippen molar-refractivity contribution in [2.24, 2.45) is 0 Å². The van der Waals surface area contributed by atoms with Crippen LogP contribution in [0.2, 0.25) is 25.7 Å². The molecule has 0 N–H and O–H groups in total. The summed E-state index contributed by atoms with van der Waals surface area (Å²) in [7, 11) is -2.76. The summed E-state index contributed by atoms with van der Waals surface area (Å²) >= 11 is 0. The summed E-state index contributed by atoms with van der Waals surface area (Å²) in [5.74, 6) is 0. The highest BCUT2D eigenvalue weighted by Crippen LogP contribution is 2.21. The van der Waals surface area contributed by atoms with Crippen LogP contribution in [0.4, 0.5) is 0 Å². The predicted octanol–water partition coefficient (Wildman–Crippen LogP) is 4.04. The molecule has 0 amide bonds. The maximum absolute atomic E-state index is 6.40. The molecule has 0 aliphatic rings. The zero-order chi connectivity index (χ0) is 16.7. The molecular weight excluding hydrogens is 294 g/mol. The molecule has 0 aromatic carbocycles. The van der Waals surface area contributed by atoms with Crippen LogP contribution in [0, 0.1) is 0 Å². The fourth-order valence-corrected chi connectivity index (χ4v) is 7.04. The van der Waals surface area contributed by atoms with E-state index in [1.165, 1.54) is 6.42 Å². The number of hydrogen-bond donors (Lipinski definition) is 0. The Hall–Kier alpha value is 0.314. The first kappa shape index (κ1) is 21.3. The molecule has 0 heterocycles. The zero-order valence-electron chi connectivity index (χ0n) is 16.0.